The molecule has 0 saturated carbocycles. The molecule has 0 radical (unpaired) electrons. The predicted molar refractivity (Wildman–Crippen MR) is 99.7 cm³/mol. The topological polar surface area (TPSA) is 38.7 Å². The minimum absolute atomic E-state index is 0.108. The lowest BCUT2D eigenvalue weighted by atomic mass is 10.2. The molecule has 3 rings (SSSR count). The molecule has 0 aliphatic heterocycles. The average Bonchev–Trinajstić information content (AvgIpc) is 2.59. The van der Waals surface area contributed by atoms with Gasteiger partial charge in [-0.25, -0.2) is 0 Å². The van der Waals surface area contributed by atoms with Gasteiger partial charge in [0.25, 0.3) is 0 Å². The Morgan fingerprint density at radius 2 is 1.24 bits per heavy atom. The molecule has 128 valence electrons. The molecular weight excluding hydrogens is 359 g/mol. The van der Waals surface area contributed by atoms with Gasteiger partial charge in [0.15, 0.2) is 11.5 Å². The van der Waals surface area contributed by atoms with Gasteiger partial charge in [0.2, 0.25) is 0 Å². The summed E-state index contributed by atoms with van der Waals surface area (Å²) in [6.45, 7) is 0.663. The molecule has 0 amide bonds. The van der Waals surface area contributed by atoms with Crippen molar-refractivity contribution in [3.8, 4) is 17.2 Å². The molecule has 3 aromatic rings. The van der Waals surface area contributed by atoms with Crippen LogP contribution >= 0.6 is 23.2 Å². The maximum atomic E-state index is 9.73. The highest BCUT2D eigenvalue weighted by molar-refractivity contribution is 6.30. The first kappa shape index (κ1) is 17.5. The molecular formula is C20H16Cl2O3. The first-order valence-electron chi connectivity index (χ1n) is 7.68. The van der Waals surface area contributed by atoms with Gasteiger partial charge in [-0.1, -0.05) is 47.5 Å². The smallest absolute Gasteiger partial charge is 0.165 e. The first-order valence-corrected chi connectivity index (χ1v) is 8.43. The molecule has 3 aromatic carbocycles. The molecule has 0 aliphatic rings. The molecule has 0 unspecified atom stereocenters. The molecule has 25 heavy (non-hydrogen) atoms. The van der Waals surface area contributed by atoms with Crippen molar-refractivity contribution in [1.29, 1.82) is 0 Å². The van der Waals surface area contributed by atoms with Crippen LogP contribution in [-0.4, -0.2) is 5.11 Å². The lowest BCUT2D eigenvalue weighted by molar-refractivity contribution is 0.254. The van der Waals surface area contributed by atoms with Crippen LogP contribution in [0.5, 0.6) is 17.2 Å². The van der Waals surface area contributed by atoms with Crippen molar-refractivity contribution in [2.45, 2.75) is 13.2 Å². The Bertz CT molecular complexity index is 865. The van der Waals surface area contributed by atoms with Gasteiger partial charge in [0.1, 0.15) is 19.0 Å². The van der Waals surface area contributed by atoms with E-state index in [0.29, 0.717) is 34.8 Å². The molecule has 0 saturated heterocycles. The number of rotatable bonds is 6. The molecule has 0 aliphatic carbocycles. The van der Waals surface area contributed by atoms with Crippen molar-refractivity contribution in [3.63, 3.8) is 0 Å². The van der Waals surface area contributed by atoms with E-state index < -0.39 is 0 Å². The number of halogens is 2. The van der Waals surface area contributed by atoms with Crippen molar-refractivity contribution < 1.29 is 14.6 Å². The highest BCUT2D eigenvalue weighted by Gasteiger charge is 2.08. The molecule has 5 heteroatoms. The van der Waals surface area contributed by atoms with E-state index in [2.05, 4.69) is 0 Å². The van der Waals surface area contributed by atoms with Gasteiger partial charge in [-0.15, -0.1) is 0 Å². The van der Waals surface area contributed by atoms with Crippen LogP contribution in [0.4, 0.5) is 0 Å². The van der Waals surface area contributed by atoms with E-state index in [1.165, 1.54) is 6.07 Å². The fourth-order valence-electron chi connectivity index (χ4n) is 2.30. The third-order valence-electron chi connectivity index (χ3n) is 3.49. The molecule has 0 atom stereocenters. The molecule has 0 spiro atoms. The monoisotopic (exact) mass is 374 g/mol. The summed E-state index contributed by atoms with van der Waals surface area (Å²) in [7, 11) is 0. The second-order valence-electron chi connectivity index (χ2n) is 5.47. The largest absolute Gasteiger partial charge is 0.508 e. The van der Waals surface area contributed by atoms with E-state index in [0.717, 1.165) is 11.1 Å². The Labute approximate surface area is 156 Å². The van der Waals surface area contributed by atoms with Crippen LogP contribution < -0.4 is 9.47 Å². The van der Waals surface area contributed by atoms with E-state index in [1.54, 1.807) is 18.2 Å². The number of aromatic hydroxyl groups is 1. The Morgan fingerprint density at radius 1 is 0.680 bits per heavy atom. The minimum Gasteiger partial charge on any atom is -0.508 e. The Hall–Kier alpha value is -2.36. The van der Waals surface area contributed by atoms with Crippen LogP contribution in [0.15, 0.2) is 66.7 Å². The van der Waals surface area contributed by atoms with Gasteiger partial charge in [-0.2, -0.15) is 0 Å². The summed E-state index contributed by atoms with van der Waals surface area (Å²) in [5.41, 5.74) is 1.87. The highest BCUT2D eigenvalue weighted by Crippen LogP contribution is 2.32. The molecule has 3 nitrogen and oxygen atoms in total. The first-order chi connectivity index (χ1) is 12.1. The number of phenolic OH excluding ortho intramolecular Hbond substituents is 1. The van der Waals surface area contributed by atoms with Crippen molar-refractivity contribution >= 4 is 23.2 Å². The zero-order chi connectivity index (χ0) is 17.6. The maximum Gasteiger partial charge on any atom is 0.165 e. The second kappa shape index (κ2) is 8.15. The fourth-order valence-corrected chi connectivity index (χ4v) is 2.73. The minimum atomic E-state index is 0.108. The summed E-state index contributed by atoms with van der Waals surface area (Å²) in [6, 6.07) is 19.6. The summed E-state index contributed by atoms with van der Waals surface area (Å²) in [6.07, 6.45) is 0. The standard InChI is InChI=1S/C20H16Cl2O3/c21-16-5-1-3-14(9-16)12-24-19-8-7-18(23)11-20(19)25-13-15-4-2-6-17(22)10-15/h1-11,23H,12-13H2. The lowest BCUT2D eigenvalue weighted by Crippen LogP contribution is -2.00. The fraction of sp³-hybridized carbons (Fsp3) is 0.100. The number of hydrogen-bond donors (Lipinski definition) is 1. The van der Waals surface area contributed by atoms with E-state index in [1.807, 2.05) is 42.5 Å². The van der Waals surface area contributed by atoms with Gasteiger partial charge in [-0.3, -0.25) is 0 Å². The molecule has 1 N–H and O–H groups in total. The quantitative estimate of drug-likeness (QED) is 0.587. The molecule has 0 aromatic heterocycles. The van der Waals surface area contributed by atoms with E-state index >= 15 is 0 Å². The summed E-state index contributed by atoms with van der Waals surface area (Å²) in [4.78, 5) is 0. The van der Waals surface area contributed by atoms with Crippen LogP contribution in [0.3, 0.4) is 0 Å². The summed E-state index contributed by atoms with van der Waals surface area (Å²) >= 11 is 12.0. The third kappa shape index (κ3) is 5.05. The number of benzene rings is 3. The van der Waals surface area contributed by atoms with Gasteiger partial charge in [-0.05, 0) is 47.5 Å². The summed E-state index contributed by atoms with van der Waals surface area (Å²) < 4.78 is 11.6. The van der Waals surface area contributed by atoms with Crippen molar-refractivity contribution in [3.05, 3.63) is 87.9 Å². The van der Waals surface area contributed by atoms with Gasteiger partial charge in [0, 0.05) is 16.1 Å². The number of ether oxygens (including phenoxy) is 2. The van der Waals surface area contributed by atoms with Gasteiger partial charge >= 0.3 is 0 Å². The number of phenols is 1. The van der Waals surface area contributed by atoms with E-state index in [-0.39, 0.29) is 5.75 Å². The van der Waals surface area contributed by atoms with Crippen LogP contribution in [0, 0.1) is 0 Å². The van der Waals surface area contributed by atoms with Crippen molar-refractivity contribution in [2.24, 2.45) is 0 Å². The Balaban J connectivity index is 1.71. The Kier molecular flexibility index (Phi) is 5.69. The second-order valence-corrected chi connectivity index (χ2v) is 6.34. The Morgan fingerprint density at radius 3 is 1.80 bits per heavy atom. The van der Waals surface area contributed by atoms with E-state index in [9.17, 15) is 5.11 Å². The van der Waals surface area contributed by atoms with Gasteiger partial charge < -0.3 is 14.6 Å². The lowest BCUT2D eigenvalue weighted by Gasteiger charge is -2.13. The van der Waals surface area contributed by atoms with E-state index in [4.69, 9.17) is 32.7 Å². The van der Waals surface area contributed by atoms with Crippen LogP contribution in [0.1, 0.15) is 11.1 Å². The average molecular weight is 375 g/mol. The normalized spacial score (nSPS) is 10.5. The summed E-state index contributed by atoms with van der Waals surface area (Å²) in [5.74, 6) is 1.11. The van der Waals surface area contributed by atoms with Gasteiger partial charge in [0.05, 0.1) is 0 Å². The van der Waals surface area contributed by atoms with Crippen LogP contribution in [0.25, 0.3) is 0 Å². The number of hydrogen-bond acceptors (Lipinski definition) is 3. The van der Waals surface area contributed by atoms with Crippen molar-refractivity contribution in [2.75, 3.05) is 0 Å². The molecule has 0 bridgehead atoms. The molecule has 0 fully saturated rings. The van der Waals surface area contributed by atoms with Crippen LogP contribution in [-0.2, 0) is 13.2 Å². The predicted octanol–water partition coefficient (Wildman–Crippen LogP) is 5.86. The maximum absolute atomic E-state index is 9.73. The van der Waals surface area contributed by atoms with Crippen molar-refractivity contribution in [1.82, 2.24) is 0 Å². The molecule has 0 heterocycles. The SMILES string of the molecule is Oc1ccc(OCc2cccc(Cl)c2)c(OCc2cccc(Cl)c2)c1. The third-order valence-corrected chi connectivity index (χ3v) is 3.96. The zero-order valence-corrected chi connectivity index (χ0v) is 14.8. The zero-order valence-electron chi connectivity index (χ0n) is 13.3. The highest BCUT2D eigenvalue weighted by atomic mass is 35.5. The summed E-state index contributed by atoms with van der Waals surface area (Å²) in [5, 5.41) is 11.0. The van der Waals surface area contributed by atoms with Crippen LogP contribution in [0.2, 0.25) is 10.0 Å².